The third kappa shape index (κ3) is 3.63. The molecular weight excluding hydrogens is 294 g/mol. The first-order chi connectivity index (χ1) is 10.7. The van der Waals surface area contributed by atoms with Crippen molar-refractivity contribution in [3.63, 3.8) is 0 Å². The number of hydrogen-bond acceptors (Lipinski definition) is 3. The lowest BCUT2D eigenvalue weighted by Crippen LogP contribution is -2.07. The fraction of sp³-hybridized carbons (Fsp3) is 0.278. The predicted molar refractivity (Wildman–Crippen MR) is 91.1 cm³/mol. The number of rotatable bonds is 5. The second-order valence-corrected chi connectivity index (χ2v) is 6.49. The molecule has 0 bridgehead atoms. The summed E-state index contributed by atoms with van der Waals surface area (Å²) >= 11 is 1.65. The molecule has 3 rings (SSSR count). The highest BCUT2D eigenvalue weighted by Crippen LogP contribution is 2.47. The van der Waals surface area contributed by atoms with Crippen molar-refractivity contribution in [1.82, 2.24) is 0 Å². The molecule has 2 atom stereocenters. The number of hydrogen-bond donors (Lipinski definition) is 1. The molecule has 1 fully saturated rings. The van der Waals surface area contributed by atoms with Crippen LogP contribution in [0.3, 0.4) is 0 Å². The van der Waals surface area contributed by atoms with Crippen LogP contribution in [0.5, 0.6) is 0 Å². The van der Waals surface area contributed by atoms with Crippen LogP contribution in [0.15, 0.2) is 51.8 Å². The number of nitrogens with one attached hydrogen (secondary N) is 1. The Labute approximate surface area is 134 Å². The Balaban J connectivity index is 1.59. The van der Waals surface area contributed by atoms with Gasteiger partial charge in [0.05, 0.1) is 0 Å². The maximum absolute atomic E-state index is 11.9. The Morgan fingerprint density at radius 1 is 1.36 bits per heavy atom. The Kier molecular flexibility index (Phi) is 4.39. The third-order valence-corrected chi connectivity index (χ3v) is 4.58. The molecular formula is C18H19NO2S. The molecule has 1 aliphatic carbocycles. The lowest BCUT2D eigenvalue weighted by molar-refractivity contribution is -0.111. The first kappa shape index (κ1) is 15.0. The largest absolute Gasteiger partial charge is 0.461 e. The van der Waals surface area contributed by atoms with Gasteiger partial charge in [-0.25, -0.2) is 0 Å². The van der Waals surface area contributed by atoms with E-state index in [4.69, 9.17) is 4.42 Å². The molecule has 1 saturated carbocycles. The zero-order valence-corrected chi connectivity index (χ0v) is 13.5. The highest BCUT2D eigenvalue weighted by molar-refractivity contribution is 7.98. The van der Waals surface area contributed by atoms with Crippen molar-refractivity contribution >= 4 is 29.4 Å². The summed E-state index contributed by atoms with van der Waals surface area (Å²) in [5.74, 6) is 2.87. The monoisotopic (exact) mass is 313 g/mol. The van der Waals surface area contributed by atoms with E-state index in [1.807, 2.05) is 42.7 Å². The van der Waals surface area contributed by atoms with E-state index >= 15 is 0 Å². The van der Waals surface area contributed by atoms with Crippen LogP contribution in [0.2, 0.25) is 0 Å². The van der Waals surface area contributed by atoms with E-state index in [-0.39, 0.29) is 5.91 Å². The lowest BCUT2D eigenvalue weighted by Gasteiger charge is -2.03. The van der Waals surface area contributed by atoms with Gasteiger partial charge >= 0.3 is 0 Å². The minimum Gasteiger partial charge on any atom is -0.461 e. The molecule has 0 unspecified atom stereocenters. The summed E-state index contributed by atoms with van der Waals surface area (Å²) in [7, 11) is 0. The van der Waals surface area contributed by atoms with Crippen LogP contribution in [0.1, 0.15) is 30.8 Å². The van der Waals surface area contributed by atoms with Gasteiger partial charge < -0.3 is 9.73 Å². The third-order valence-electron chi connectivity index (χ3n) is 3.86. The van der Waals surface area contributed by atoms with Crippen LogP contribution >= 0.6 is 11.8 Å². The van der Waals surface area contributed by atoms with Crippen molar-refractivity contribution in [3.05, 3.63) is 54.0 Å². The molecule has 3 nitrogen and oxygen atoms in total. The first-order valence-corrected chi connectivity index (χ1v) is 8.61. The normalized spacial score (nSPS) is 20.3. The molecule has 114 valence electrons. The number of carbonyl (C=O) groups is 1. The van der Waals surface area contributed by atoms with Crippen LogP contribution in [-0.2, 0) is 4.79 Å². The summed E-state index contributed by atoms with van der Waals surface area (Å²) in [5, 5.41) is 2.86. The zero-order chi connectivity index (χ0) is 15.5. The van der Waals surface area contributed by atoms with E-state index in [0.29, 0.717) is 5.92 Å². The van der Waals surface area contributed by atoms with E-state index in [1.54, 1.807) is 17.8 Å². The van der Waals surface area contributed by atoms with Gasteiger partial charge in [-0.2, -0.15) is 0 Å². The van der Waals surface area contributed by atoms with Gasteiger partial charge in [0.25, 0.3) is 0 Å². The zero-order valence-electron chi connectivity index (χ0n) is 12.7. The quantitative estimate of drug-likeness (QED) is 0.638. The van der Waals surface area contributed by atoms with Gasteiger partial charge in [-0.1, -0.05) is 13.0 Å². The average molecular weight is 313 g/mol. The second kappa shape index (κ2) is 6.44. The molecule has 0 saturated heterocycles. The first-order valence-electron chi connectivity index (χ1n) is 7.38. The average Bonchev–Trinajstić information content (AvgIpc) is 3.07. The minimum atomic E-state index is -0.156. The van der Waals surface area contributed by atoms with Crippen molar-refractivity contribution in [2.75, 3.05) is 11.6 Å². The topological polar surface area (TPSA) is 42.2 Å². The highest BCUT2D eigenvalue weighted by atomic mass is 32.2. The van der Waals surface area contributed by atoms with Gasteiger partial charge in [-0.05, 0) is 55.0 Å². The number of thioether (sulfide) groups is 1. The number of benzene rings is 1. The van der Waals surface area contributed by atoms with Crippen molar-refractivity contribution in [2.24, 2.45) is 5.92 Å². The Morgan fingerprint density at radius 3 is 2.91 bits per heavy atom. The van der Waals surface area contributed by atoms with Crippen molar-refractivity contribution in [1.29, 1.82) is 0 Å². The summed E-state index contributed by atoms with van der Waals surface area (Å²) in [4.78, 5) is 13.1. The molecule has 0 radical (unpaired) electrons. The SMILES string of the molecule is CSc1cccc(NC(=O)/C=C/c2ccc([C@@H]3C[C@H]3C)o2)c1. The molecule has 2 aromatic rings. The molecule has 1 N–H and O–H groups in total. The Morgan fingerprint density at radius 2 is 2.18 bits per heavy atom. The summed E-state index contributed by atoms with van der Waals surface area (Å²) in [6.45, 7) is 2.22. The van der Waals surface area contributed by atoms with Crippen LogP contribution < -0.4 is 5.32 Å². The summed E-state index contributed by atoms with van der Waals surface area (Å²) in [6.07, 6.45) is 6.42. The fourth-order valence-electron chi connectivity index (χ4n) is 2.42. The lowest BCUT2D eigenvalue weighted by atomic mass is 10.3. The number of amides is 1. The van der Waals surface area contributed by atoms with Gasteiger partial charge in [0.15, 0.2) is 0 Å². The van der Waals surface area contributed by atoms with Crippen molar-refractivity contribution < 1.29 is 9.21 Å². The van der Waals surface area contributed by atoms with E-state index in [0.717, 1.165) is 28.0 Å². The molecule has 0 aliphatic heterocycles. The molecule has 4 heteroatoms. The molecule has 1 heterocycles. The molecule has 1 aliphatic rings. The van der Waals surface area contributed by atoms with E-state index in [2.05, 4.69) is 12.2 Å². The maximum Gasteiger partial charge on any atom is 0.248 e. The standard InChI is InChI=1S/C18H19NO2S/c1-12-10-16(12)17-8-6-14(21-17)7-9-18(20)19-13-4-3-5-15(11-13)22-2/h3-9,11-12,16H,10H2,1-2H3,(H,19,20)/b9-7+/t12-,16-/m1/s1. The smallest absolute Gasteiger partial charge is 0.248 e. The minimum absolute atomic E-state index is 0.156. The van der Waals surface area contributed by atoms with Crippen molar-refractivity contribution in [3.8, 4) is 0 Å². The van der Waals surface area contributed by atoms with E-state index in [1.165, 1.54) is 12.5 Å². The predicted octanol–water partition coefficient (Wildman–Crippen LogP) is 4.78. The van der Waals surface area contributed by atoms with Crippen molar-refractivity contribution in [2.45, 2.75) is 24.2 Å². The molecule has 1 aromatic carbocycles. The van der Waals surface area contributed by atoms with E-state index in [9.17, 15) is 4.79 Å². The van der Waals surface area contributed by atoms with Gasteiger partial charge in [-0.15, -0.1) is 11.8 Å². The van der Waals surface area contributed by atoms with Gasteiger partial charge in [0, 0.05) is 22.6 Å². The second-order valence-electron chi connectivity index (χ2n) is 5.61. The molecule has 22 heavy (non-hydrogen) atoms. The molecule has 1 amide bonds. The van der Waals surface area contributed by atoms with E-state index < -0.39 is 0 Å². The Hall–Kier alpha value is -1.94. The summed E-state index contributed by atoms with van der Waals surface area (Å²) in [6, 6.07) is 11.7. The summed E-state index contributed by atoms with van der Waals surface area (Å²) in [5.41, 5.74) is 0.799. The van der Waals surface area contributed by atoms with Crippen LogP contribution in [0, 0.1) is 5.92 Å². The van der Waals surface area contributed by atoms with Crippen LogP contribution in [-0.4, -0.2) is 12.2 Å². The number of furan rings is 1. The Bertz CT molecular complexity index is 705. The van der Waals surface area contributed by atoms with Gasteiger partial charge in [-0.3, -0.25) is 4.79 Å². The number of anilines is 1. The van der Waals surface area contributed by atoms with Gasteiger partial charge in [0.1, 0.15) is 11.5 Å². The van der Waals surface area contributed by atoms with Crippen LogP contribution in [0.4, 0.5) is 5.69 Å². The highest BCUT2D eigenvalue weighted by Gasteiger charge is 2.36. The molecule has 0 spiro atoms. The summed E-state index contributed by atoms with van der Waals surface area (Å²) < 4.78 is 5.74. The molecule has 1 aromatic heterocycles. The van der Waals surface area contributed by atoms with Gasteiger partial charge in [0.2, 0.25) is 5.91 Å². The maximum atomic E-state index is 11.9. The van der Waals surface area contributed by atoms with Crippen LogP contribution in [0.25, 0.3) is 6.08 Å². The fourth-order valence-corrected chi connectivity index (χ4v) is 2.88. The number of carbonyl (C=O) groups excluding carboxylic acids is 1.